The van der Waals surface area contributed by atoms with Crippen molar-refractivity contribution < 1.29 is 13.3 Å². The number of nitro benzene ring substituents is 1. The highest BCUT2D eigenvalue weighted by Crippen LogP contribution is 2.32. The van der Waals surface area contributed by atoms with Gasteiger partial charge in [-0.3, -0.25) is 15.0 Å². The molecular weight excluding hydrogens is 430 g/mol. The van der Waals surface area contributed by atoms with Crippen LogP contribution < -0.4 is 4.90 Å². The van der Waals surface area contributed by atoms with E-state index in [9.17, 15) is 18.5 Å². The maximum absolute atomic E-state index is 12.8. The number of nitriles is 1. The summed E-state index contributed by atoms with van der Waals surface area (Å²) in [5.74, 6) is 0. The fourth-order valence-electron chi connectivity index (χ4n) is 3.88. The van der Waals surface area contributed by atoms with Crippen LogP contribution in [-0.2, 0) is 16.6 Å². The van der Waals surface area contributed by atoms with Gasteiger partial charge < -0.3 is 4.90 Å². The van der Waals surface area contributed by atoms with Crippen molar-refractivity contribution in [3.8, 4) is 6.07 Å². The van der Waals surface area contributed by atoms with Gasteiger partial charge in [0.05, 0.1) is 21.5 Å². The summed E-state index contributed by atoms with van der Waals surface area (Å²) in [6.45, 7) is 7.45. The number of hydrogen-bond donors (Lipinski definition) is 0. The highest BCUT2D eigenvalue weighted by atomic mass is 32.2. The molecule has 0 N–H and O–H groups in total. The molecule has 32 heavy (non-hydrogen) atoms. The molecule has 1 aliphatic rings. The lowest BCUT2D eigenvalue weighted by atomic mass is 10.1. The molecule has 2 aromatic rings. The number of rotatable bonds is 8. The fourth-order valence-corrected chi connectivity index (χ4v) is 5.36. The van der Waals surface area contributed by atoms with Crippen molar-refractivity contribution in [1.29, 1.82) is 5.26 Å². The van der Waals surface area contributed by atoms with Crippen molar-refractivity contribution in [2.45, 2.75) is 25.3 Å². The molecule has 0 atom stereocenters. The molecule has 0 amide bonds. The van der Waals surface area contributed by atoms with Gasteiger partial charge in [0, 0.05) is 51.9 Å². The summed E-state index contributed by atoms with van der Waals surface area (Å²) in [6, 6.07) is 13.7. The van der Waals surface area contributed by atoms with E-state index in [2.05, 4.69) is 11.0 Å². The second-order valence-corrected chi connectivity index (χ2v) is 9.51. The smallest absolute Gasteiger partial charge is 0.293 e. The Hall–Kier alpha value is -3.00. The first-order valence-electron chi connectivity index (χ1n) is 10.5. The van der Waals surface area contributed by atoms with E-state index >= 15 is 0 Å². The van der Waals surface area contributed by atoms with Crippen LogP contribution >= 0.6 is 0 Å². The Labute approximate surface area is 188 Å². The normalized spacial score (nSPS) is 15.0. The Balaban J connectivity index is 1.74. The van der Waals surface area contributed by atoms with Gasteiger partial charge in [0.15, 0.2) is 0 Å². The zero-order valence-electron chi connectivity index (χ0n) is 18.3. The predicted molar refractivity (Wildman–Crippen MR) is 122 cm³/mol. The Morgan fingerprint density at radius 2 is 1.69 bits per heavy atom. The van der Waals surface area contributed by atoms with E-state index in [0.29, 0.717) is 37.4 Å². The van der Waals surface area contributed by atoms with Crippen LogP contribution in [0.3, 0.4) is 0 Å². The molecule has 9 nitrogen and oxygen atoms in total. The van der Waals surface area contributed by atoms with Crippen molar-refractivity contribution in [2.75, 3.05) is 44.2 Å². The molecule has 0 saturated carbocycles. The van der Waals surface area contributed by atoms with Gasteiger partial charge in [-0.15, -0.1) is 0 Å². The number of nitrogens with zero attached hydrogens (tertiary/aromatic N) is 5. The average molecular weight is 458 g/mol. The monoisotopic (exact) mass is 457 g/mol. The van der Waals surface area contributed by atoms with E-state index in [1.165, 1.54) is 16.4 Å². The molecule has 0 aliphatic carbocycles. The fraction of sp³-hybridized carbons (Fsp3) is 0.409. The lowest BCUT2D eigenvalue weighted by molar-refractivity contribution is -0.384. The van der Waals surface area contributed by atoms with Gasteiger partial charge in [-0.05, 0) is 29.8 Å². The van der Waals surface area contributed by atoms with Crippen LogP contribution in [0.5, 0.6) is 0 Å². The zero-order chi connectivity index (χ0) is 23.3. The zero-order valence-corrected chi connectivity index (χ0v) is 19.1. The van der Waals surface area contributed by atoms with Gasteiger partial charge in [-0.2, -0.15) is 9.57 Å². The van der Waals surface area contributed by atoms with Crippen LogP contribution in [0.2, 0.25) is 0 Å². The van der Waals surface area contributed by atoms with Gasteiger partial charge in [0.25, 0.3) is 5.69 Å². The van der Waals surface area contributed by atoms with Crippen molar-refractivity contribution in [3.63, 3.8) is 0 Å². The van der Waals surface area contributed by atoms with Crippen molar-refractivity contribution in [1.82, 2.24) is 9.21 Å². The van der Waals surface area contributed by atoms with Crippen LogP contribution in [0.25, 0.3) is 0 Å². The molecule has 1 heterocycles. The molecule has 2 aromatic carbocycles. The van der Waals surface area contributed by atoms with E-state index in [1.807, 2.05) is 17.0 Å². The predicted octanol–water partition coefficient (Wildman–Crippen LogP) is 2.82. The van der Waals surface area contributed by atoms with Crippen molar-refractivity contribution in [2.24, 2.45) is 0 Å². The summed E-state index contributed by atoms with van der Waals surface area (Å²) in [7, 11) is -3.77. The lowest BCUT2D eigenvalue weighted by Gasteiger charge is -2.36. The summed E-state index contributed by atoms with van der Waals surface area (Å²) in [5.41, 5.74) is 1.97. The third kappa shape index (κ3) is 5.07. The second-order valence-electron chi connectivity index (χ2n) is 7.57. The van der Waals surface area contributed by atoms with Crippen LogP contribution in [0.1, 0.15) is 25.0 Å². The number of benzene rings is 2. The minimum absolute atomic E-state index is 0.0592. The Kier molecular flexibility index (Phi) is 7.45. The van der Waals surface area contributed by atoms with Crippen LogP contribution in [0.4, 0.5) is 11.4 Å². The third-order valence-electron chi connectivity index (χ3n) is 5.69. The maximum Gasteiger partial charge on any atom is 0.293 e. The van der Waals surface area contributed by atoms with Crippen LogP contribution in [-0.4, -0.2) is 61.8 Å². The number of hydrogen-bond acceptors (Lipinski definition) is 7. The van der Waals surface area contributed by atoms with E-state index in [4.69, 9.17) is 5.26 Å². The molecule has 0 unspecified atom stereocenters. The SMILES string of the molecule is CCN(CC)S(=O)(=O)c1ccc(N2CCN(Cc3ccc(C#N)cc3)CC2)c([N+](=O)[O-])c1. The number of sulfonamides is 1. The maximum atomic E-state index is 12.8. The number of nitro groups is 1. The van der Waals surface area contributed by atoms with Crippen molar-refractivity contribution >= 4 is 21.4 Å². The largest absolute Gasteiger partial charge is 0.363 e. The van der Waals surface area contributed by atoms with E-state index in [0.717, 1.165) is 25.2 Å². The summed E-state index contributed by atoms with van der Waals surface area (Å²) in [5, 5.41) is 20.7. The first-order valence-corrected chi connectivity index (χ1v) is 12.0. The molecule has 1 aliphatic heterocycles. The minimum atomic E-state index is -3.77. The van der Waals surface area contributed by atoms with E-state index in [1.54, 1.807) is 32.0 Å². The molecule has 1 fully saturated rings. The standard InChI is InChI=1S/C22H27N5O4S/c1-3-26(4-2)32(30,31)20-9-10-21(22(15-20)27(28)29)25-13-11-24(12-14-25)17-19-7-5-18(16-23)6-8-19/h5-10,15H,3-4,11-14,17H2,1-2H3. The second kappa shape index (κ2) is 10.1. The summed E-state index contributed by atoms with van der Waals surface area (Å²) < 4.78 is 26.8. The molecule has 3 rings (SSSR count). The summed E-state index contributed by atoms with van der Waals surface area (Å²) in [6.07, 6.45) is 0. The first-order chi connectivity index (χ1) is 15.3. The highest BCUT2D eigenvalue weighted by Gasteiger charge is 2.28. The van der Waals surface area contributed by atoms with E-state index < -0.39 is 14.9 Å². The highest BCUT2D eigenvalue weighted by molar-refractivity contribution is 7.89. The molecule has 10 heteroatoms. The average Bonchev–Trinajstić information content (AvgIpc) is 2.80. The molecule has 0 radical (unpaired) electrons. The lowest BCUT2D eigenvalue weighted by Crippen LogP contribution is -2.46. The van der Waals surface area contributed by atoms with Crippen molar-refractivity contribution in [3.05, 3.63) is 63.7 Å². The first kappa shape index (κ1) is 23.7. The topological polar surface area (TPSA) is 111 Å². The van der Waals surface area contributed by atoms with Crippen LogP contribution in [0, 0.1) is 21.4 Å². The Bertz CT molecular complexity index is 1100. The summed E-state index contributed by atoms with van der Waals surface area (Å²) in [4.78, 5) is 15.4. The van der Waals surface area contributed by atoms with Gasteiger partial charge in [0.1, 0.15) is 5.69 Å². The number of anilines is 1. The molecule has 0 aromatic heterocycles. The van der Waals surface area contributed by atoms with Gasteiger partial charge in [-0.1, -0.05) is 26.0 Å². The molecule has 1 saturated heterocycles. The summed E-state index contributed by atoms with van der Waals surface area (Å²) >= 11 is 0. The van der Waals surface area contributed by atoms with E-state index in [-0.39, 0.29) is 10.6 Å². The Morgan fingerprint density at radius 1 is 1.06 bits per heavy atom. The Morgan fingerprint density at radius 3 is 2.22 bits per heavy atom. The molecular formula is C22H27N5O4S. The third-order valence-corrected chi connectivity index (χ3v) is 7.73. The van der Waals surface area contributed by atoms with Gasteiger partial charge in [-0.25, -0.2) is 8.42 Å². The molecule has 0 spiro atoms. The quantitative estimate of drug-likeness (QED) is 0.443. The molecule has 170 valence electrons. The molecule has 0 bridgehead atoms. The minimum Gasteiger partial charge on any atom is -0.363 e. The van der Waals surface area contributed by atoms with Gasteiger partial charge >= 0.3 is 0 Å². The van der Waals surface area contributed by atoms with Crippen LogP contribution in [0.15, 0.2) is 47.4 Å². The van der Waals surface area contributed by atoms with Gasteiger partial charge in [0.2, 0.25) is 10.0 Å². The number of piperazine rings is 1.